The van der Waals surface area contributed by atoms with Gasteiger partial charge >= 0.3 is 6.01 Å². The molecule has 0 N–H and O–H groups in total. The summed E-state index contributed by atoms with van der Waals surface area (Å²) in [6.45, 7) is 8.34. The number of benzene rings is 2. The molecule has 0 unspecified atom stereocenters. The highest BCUT2D eigenvalue weighted by atomic mass is 35.5. The van der Waals surface area contributed by atoms with E-state index in [9.17, 15) is 9.18 Å². The Labute approximate surface area is 260 Å². The number of amides is 1. The summed E-state index contributed by atoms with van der Waals surface area (Å²) in [4.78, 5) is 30.5. The zero-order valence-corrected chi connectivity index (χ0v) is 25.7. The number of anilines is 1. The van der Waals surface area contributed by atoms with Crippen LogP contribution < -0.4 is 9.64 Å². The summed E-state index contributed by atoms with van der Waals surface area (Å²) in [6.07, 6.45) is 2.83. The Kier molecular flexibility index (Phi) is 11.0. The zero-order chi connectivity index (χ0) is 31.8. The van der Waals surface area contributed by atoms with Crippen LogP contribution in [0.15, 0.2) is 54.9 Å². The molecule has 9 nitrogen and oxygen atoms in total. The molecule has 0 radical (unpaired) electrons. The molecular weight excluding hydrogens is 588 g/mol. The number of carbonyl (C=O) groups excluding carboxylic acids is 1. The van der Waals surface area contributed by atoms with E-state index in [1.807, 2.05) is 29.2 Å². The van der Waals surface area contributed by atoms with Crippen molar-refractivity contribution in [1.82, 2.24) is 24.8 Å². The average Bonchev–Trinajstić information content (AvgIpc) is 3.51. The molecule has 4 aromatic rings. The van der Waals surface area contributed by atoms with Crippen LogP contribution in [0.1, 0.15) is 19.8 Å². The summed E-state index contributed by atoms with van der Waals surface area (Å²) >= 11 is 6.46. The average molecular weight is 622 g/mol. The molecule has 0 atom stereocenters. The van der Waals surface area contributed by atoms with Gasteiger partial charge in [-0.25, -0.2) is 9.37 Å². The van der Waals surface area contributed by atoms with Crippen LogP contribution in [0.2, 0.25) is 5.02 Å². The maximum Gasteiger partial charge on any atom is 0.318 e. The second-order valence-corrected chi connectivity index (χ2v) is 10.7. The smallest absolute Gasteiger partial charge is 0.318 e. The van der Waals surface area contributed by atoms with Crippen molar-refractivity contribution in [2.45, 2.75) is 19.8 Å². The van der Waals surface area contributed by atoms with Crippen molar-refractivity contribution in [3.05, 3.63) is 65.8 Å². The number of likely N-dealkylation sites (tertiary alicyclic amines) is 1. The molecule has 0 bridgehead atoms. The molecule has 12 heteroatoms. The van der Waals surface area contributed by atoms with Crippen LogP contribution in [-0.2, 0) is 4.79 Å². The fourth-order valence-corrected chi connectivity index (χ4v) is 5.47. The van der Waals surface area contributed by atoms with Gasteiger partial charge in [0.25, 0.3) is 5.91 Å². The number of pyridine rings is 1. The summed E-state index contributed by atoms with van der Waals surface area (Å²) in [5.74, 6) is -2.06. The predicted molar refractivity (Wildman–Crippen MR) is 169 cm³/mol. The van der Waals surface area contributed by atoms with E-state index in [-0.39, 0.29) is 30.2 Å². The predicted octanol–water partition coefficient (Wildman–Crippen LogP) is 6.02. The van der Waals surface area contributed by atoms with E-state index in [2.05, 4.69) is 33.5 Å². The second-order valence-electron chi connectivity index (χ2n) is 10.3. The van der Waals surface area contributed by atoms with Gasteiger partial charge in [0.2, 0.25) is 5.95 Å². The number of nitriles is 1. The third-order valence-corrected chi connectivity index (χ3v) is 7.66. The van der Waals surface area contributed by atoms with Crippen LogP contribution >= 0.6 is 11.6 Å². The van der Waals surface area contributed by atoms with Crippen molar-refractivity contribution >= 4 is 45.1 Å². The van der Waals surface area contributed by atoms with Crippen LogP contribution in [0, 0.1) is 17.3 Å². The number of fused-ring (bicyclic) bond motifs is 2. The lowest BCUT2D eigenvalue weighted by Crippen LogP contribution is -2.49. The van der Waals surface area contributed by atoms with Crippen LogP contribution in [0.3, 0.4) is 0 Å². The van der Waals surface area contributed by atoms with Crippen molar-refractivity contribution in [1.29, 1.82) is 5.26 Å². The highest BCUT2D eigenvalue weighted by Crippen LogP contribution is 2.37. The highest BCUT2D eigenvalue weighted by Gasteiger charge is 2.27. The van der Waals surface area contributed by atoms with E-state index in [4.69, 9.17) is 21.6 Å². The van der Waals surface area contributed by atoms with Gasteiger partial charge in [0.1, 0.15) is 5.52 Å². The van der Waals surface area contributed by atoms with E-state index in [0.717, 1.165) is 5.39 Å². The molecule has 230 valence electrons. The van der Waals surface area contributed by atoms with Crippen molar-refractivity contribution in [3.8, 4) is 23.2 Å². The number of aromatic nitrogens is 3. The van der Waals surface area contributed by atoms with Crippen LogP contribution in [0.5, 0.6) is 6.01 Å². The van der Waals surface area contributed by atoms with Gasteiger partial charge in [0, 0.05) is 49.1 Å². The van der Waals surface area contributed by atoms with E-state index in [0.29, 0.717) is 40.4 Å². The van der Waals surface area contributed by atoms with E-state index < -0.39 is 17.7 Å². The number of rotatable bonds is 4. The third-order valence-electron chi connectivity index (χ3n) is 7.34. The minimum atomic E-state index is -1.00. The molecule has 1 amide bonds. The number of halogens is 3. The SMILES string of the molecule is C=C(F)C(=O)N1CCN(c2nc(OC)nc3cc(-c4cccc5cccc(Cl)c45)c(F)nc23)CC1.CC#N.CN1CCCC1. The molecule has 2 aromatic carbocycles. The molecule has 0 saturated carbocycles. The van der Waals surface area contributed by atoms with Gasteiger partial charge in [0.15, 0.2) is 11.6 Å². The second kappa shape index (κ2) is 14.9. The molecule has 0 aliphatic carbocycles. The number of nitrogens with zero attached hydrogens (tertiary/aromatic N) is 7. The standard InChI is InChI=1S/C25H20ClF2N5O2.C5H11N.C2H3N/c1-14(27)24(34)33-11-9-32(10-12-33)23-21-19(29-25(31-23)35-2)13-17(22(28)30-21)16-7-3-5-15-6-4-8-18(26)20(15)16;1-6-4-2-3-5-6;1-2-3/h3-8,13H,1,9-12H2,2H3;2-5H2,1H3;1H3. The molecular formula is C32H34ClF2N7O2. The summed E-state index contributed by atoms with van der Waals surface area (Å²) in [7, 11) is 3.61. The molecule has 2 aliphatic heterocycles. The lowest BCUT2D eigenvalue weighted by molar-refractivity contribution is -0.128. The number of carbonyl (C=O) groups is 1. The zero-order valence-electron chi connectivity index (χ0n) is 25.0. The fraction of sp³-hybridized carbons (Fsp3) is 0.344. The van der Waals surface area contributed by atoms with Gasteiger partial charge in [-0.1, -0.05) is 48.5 Å². The monoisotopic (exact) mass is 621 g/mol. The largest absolute Gasteiger partial charge is 0.467 e. The van der Waals surface area contributed by atoms with Gasteiger partial charge < -0.3 is 19.4 Å². The summed E-state index contributed by atoms with van der Waals surface area (Å²) in [6, 6.07) is 14.5. The summed E-state index contributed by atoms with van der Waals surface area (Å²) in [5.41, 5.74) is 1.49. The maximum absolute atomic E-state index is 15.5. The minimum Gasteiger partial charge on any atom is -0.467 e. The van der Waals surface area contributed by atoms with Crippen molar-refractivity contribution in [2.24, 2.45) is 0 Å². The summed E-state index contributed by atoms with van der Waals surface area (Å²) < 4.78 is 34.0. The Morgan fingerprint density at radius 1 is 1.02 bits per heavy atom. The van der Waals surface area contributed by atoms with Gasteiger partial charge in [-0.2, -0.15) is 19.6 Å². The molecule has 6 rings (SSSR count). The Bertz CT molecular complexity index is 1690. The number of hydrogen-bond donors (Lipinski definition) is 0. The first-order valence-electron chi connectivity index (χ1n) is 14.2. The van der Waals surface area contributed by atoms with Crippen molar-refractivity contribution in [2.75, 3.05) is 58.3 Å². The lowest BCUT2D eigenvalue weighted by Gasteiger charge is -2.35. The first kappa shape index (κ1) is 32.5. The van der Waals surface area contributed by atoms with Crippen molar-refractivity contribution in [3.63, 3.8) is 0 Å². The van der Waals surface area contributed by atoms with Crippen LogP contribution in [0.4, 0.5) is 14.6 Å². The van der Waals surface area contributed by atoms with Crippen LogP contribution in [-0.4, -0.2) is 84.1 Å². The third kappa shape index (κ3) is 7.38. The Morgan fingerprint density at radius 2 is 1.66 bits per heavy atom. The molecule has 44 heavy (non-hydrogen) atoms. The van der Waals surface area contributed by atoms with E-state index >= 15 is 4.39 Å². The van der Waals surface area contributed by atoms with Crippen LogP contribution in [0.25, 0.3) is 32.9 Å². The first-order chi connectivity index (χ1) is 21.2. The topological polar surface area (TPSA) is 98.5 Å². The Morgan fingerprint density at radius 3 is 2.23 bits per heavy atom. The molecule has 2 fully saturated rings. The molecule has 0 spiro atoms. The Balaban J connectivity index is 0.000000427. The molecule has 2 aliphatic rings. The fourth-order valence-electron chi connectivity index (χ4n) is 5.19. The summed E-state index contributed by atoms with van der Waals surface area (Å²) in [5, 5.41) is 9.41. The molecule has 2 saturated heterocycles. The van der Waals surface area contributed by atoms with E-state index in [1.54, 1.807) is 24.3 Å². The van der Waals surface area contributed by atoms with Gasteiger partial charge in [-0.05, 0) is 56.1 Å². The molecule has 2 aromatic heterocycles. The minimum absolute atomic E-state index is 0.0958. The first-order valence-corrected chi connectivity index (χ1v) is 14.5. The highest BCUT2D eigenvalue weighted by molar-refractivity contribution is 6.36. The number of methoxy groups -OCH3 is 1. The quantitative estimate of drug-likeness (QED) is 0.202. The normalized spacial score (nSPS) is 14.8. The number of hydrogen-bond acceptors (Lipinski definition) is 8. The van der Waals surface area contributed by atoms with E-state index in [1.165, 1.54) is 44.9 Å². The van der Waals surface area contributed by atoms with Crippen molar-refractivity contribution < 1.29 is 18.3 Å². The van der Waals surface area contributed by atoms with Gasteiger partial charge in [-0.15, -0.1) is 0 Å². The number of ether oxygens (including phenoxy) is 1. The van der Waals surface area contributed by atoms with Gasteiger partial charge in [0.05, 0.1) is 18.7 Å². The number of piperazine rings is 1. The van der Waals surface area contributed by atoms with Gasteiger partial charge in [-0.3, -0.25) is 4.79 Å². The molecule has 4 heterocycles. The Hall–Kier alpha value is -4.40. The lowest BCUT2D eigenvalue weighted by atomic mass is 9.99. The maximum atomic E-state index is 15.5.